The van der Waals surface area contributed by atoms with Crippen LogP contribution in [0, 0.1) is 13.0 Å². The Kier molecular flexibility index (Phi) is 2.78. The molecule has 1 radical (unpaired) electrons. The maximum atomic E-state index is 12.3. The van der Waals surface area contributed by atoms with Gasteiger partial charge in [-0.1, -0.05) is 23.2 Å². The lowest BCUT2D eigenvalue weighted by Gasteiger charge is -2.11. The van der Waals surface area contributed by atoms with Crippen molar-refractivity contribution in [2.45, 2.75) is 13.1 Å². The molecule has 0 atom stereocenters. The predicted octanol–water partition coefficient (Wildman–Crippen LogP) is 4.12. The monoisotopic (exact) mass is 227 g/mol. The summed E-state index contributed by atoms with van der Waals surface area (Å²) in [5.41, 5.74) is -0.875. The van der Waals surface area contributed by atoms with Gasteiger partial charge in [-0.15, -0.1) is 0 Å². The van der Waals surface area contributed by atoms with Gasteiger partial charge in [-0.25, -0.2) is 0 Å². The number of benzene rings is 1. The number of hydrogen-bond donors (Lipinski definition) is 0. The molecule has 0 nitrogen and oxygen atoms in total. The Morgan fingerprint density at radius 2 is 1.85 bits per heavy atom. The normalized spacial score (nSPS) is 11.8. The van der Waals surface area contributed by atoms with Crippen LogP contribution in [0.1, 0.15) is 11.1 Å². The Hall–Kier alpha value is -0.410. The number of halogens is 5. The van der Waals surface area contributed by atoms with Crippen LogP contribution in [-0.4, -0.2) is 0 Å². The minimum atomic E-state index is -4.42. The molecule has 0 fully saturated rings. The lowest BCUT2D eigenvalue weighted by molar-refractivity contribution is -0.138. The summed E-state index contributed by atoms with van der Waals surface area (Å²) in [5.74, 6) is 0. The SMILES string of the molecule is Cc1c(Cl)[c]c(Cl)cc1C(F)(F)F. The molecule has 1 rings (SSSR count). The summed E-state index contributed by atoms with van der Waals surface area (Å²) in [6.07, 6.45) is -4.42. The zero-order valence-electron chi connectivity index (χ0n) is 6.47. The third kappa shape index (κ3) is 2.29. The van der Waals surface area contributed by atoms with Crippen LogP contribution >= 0.6 is 23.2 Å². The number of rotatable bonds is 0. The minimum absolute atomic E-state index is 0.0569. The molecular formula is C8H4Cl2F3. The molecule has 5 heteroatoms. The van der Waals surface area contributed by atoms with Crippen LogP contribution in [0.4, 0.5) is 13.2 Å². The highest BCUT2D eigenvalue weighted by atomic mass is 35.5. The van der Waals surface area contributed by atoms with E-state index in [0.717, 1.165) is 6.07 Å². The van der Waals surface area contributed by atoms with E-state index in [9.17, 15) is 13.2 Å². The van der Waals surface area contributed by atoms with Crippen molar-refractivity contribution in [1.82, 2.24) is 0 Å². The largest absolute Gasteiger partial charge is 0.416 e. The minimum Gasteiger partial charge on any atom is -0.166 e. The van der Waals surface area contributed by atoms with Gasteiger partial charge in [0.2, 0.25) is 0 Å². The Labute approximate surface area is 83.3 Å². The first-order valence-corrected chi connectivity index (χ1v) is 4.03. The summed E-state index contributed by atoms with van der Waals surface area (Å²) in [4.78, 5) is 0. The van der Waals surface area contributed by atoms with Gasteiger partial charge in [-0.2, -0.15) is 13.2 Å². The van der Waals surface area contributed by atoms with Crippen molar-refractivity contribution in [2.24, 2.45) is 0 Å². The summed E-state index contributed by atoms with van der Waals surface area (Å²) in [7, 11) is 0. The highest BCUT2D eigenvalue weighted by molar-refractivity contribution is 6.34. The molecule has 0 saturated carbocycles. The van der Waals surface area contributed by atoms with Crippen LogP contribution in [0.25, 0.3) is 0 Å². The van der Waals surface area contributed by atoms with Gasteiger partial charge >= 0.3 is 6.18 Å². The average Bonchev–Trinajstić information content (AvgIpc) is 1.94. The lowest BCUT2D eigenvalue weighted by atomic mass is 10.1. The maximum absolute atomic E-state index is 12.3. The van der Waals surface area contributed by atoms with Crippen LogP contribution in [0.2, 0.25) is 10.0 Å². The van der Waals surface area contributed by atoms with Crippen LogP contribution < -0.4 is 0 Å². The molecular weight excluding hydrogens is 224 g/mol. The molecule has 0 aliphatic rings. The predicted molar refractivity (Wildman–Crippen MR) is 45.0 cm³/mol. The lowest BCUT2D eigenvalue weighted by Crippen LogP contribution is -2.07. The average molecular weight is 228 g/mol. The number of hydrogen-bond acceptors (Lipinski definition) is 0. The van der Waals surface area contributed by atoms with Gasteiger partial charge < -0.3 is 0 Å². The van der Waals surface area contributed by atoms with Gasteiger partial charge in [-0.3, -0.25) is 0 Å². The van der Waals surface area contributed by atoms with Gasteiger partial charge in [-0.05, 0) is 18.6 Å². The van der Waals surface area contributed by atoms with Crippen molar-refractivity contribution in [3.63, 3.8) is 0 Å². The second-order valence-corrected chi connectivity index (χ2v) is 3.25. The summed E-state index contributed by atoms with van der Waals surface area (Å²) < 4.78 is 36.8. The molecule has 0 unspecified atom stereocenters. The Balaban J connectivity index is 3.37. The van der Waals surface area contributed by atoms with Gasteiger partial charge in [0.1, 0.15) is 0 Å². The first kappa shape index (κ1) is 10.7. The van der Waals surface area contributed by atoms with E-state index < -0.39 is 11.7 Å². The molecule has 0 N–H and O–H groups in total. The molecule has 0 saturated heterocycles. The second kappa shape index (κ2) is 3.39. The van der Waals surface area contributed by atoms with E-state index in [-0.39, 0.29) is 15.6 Å². The molecule has 13 heavy (non-hydrogen) atoms. The van der Waals surface area contributed by atoms with E-state index in [1.165, 1.54) is 6.92 Å². The van der Waals surface area contributed by atoms with E-state index in [1.807, 2.05) is 0 Å². The standard InChI is InChI=1S/C8H4Cl2F3/c1-4-6(8(11,12)13)2-5(9)3-7(4)10/h2H,1H3. The first-order valence-electron chi connectivity index (χ1n) is 3.27. The van der Waals surface area contributed by atoms with E-state index in [4.69, 9.17) is 23.2 Å². The quantitative estimate of drug-likeness (QED) is 0.626. The topological polar surface area (TPSA) is 0 Å². The molecule has 0 heterocycles. The van der Waals surface area contributed by atoms with E-state index in [1.54, 1.807) is 0 Å². The highest BCUT2D eigenvalue weighted by Crippen LogP contribution is 2.36. The van der Waals surface area contributed by atoms with Crippen molar-refractivity contribution in [3.8, 4) is 0 Å². The van der Waals surface area contributed by atoms with Crippen molar-refractivity contribution < 1.29 is 13.2 Å². The first-order chi connectivity index (χ1) is 5.82. The Bertz CT molecular complexity index is 331. The van der Waals surface area contributed by atoms with Crippen molar-refractivity contribution in [1.29, 1.82) is 0 Å². The molecule has 0 amide bonds. The summed E-state index contributed by atoms with van der Waals surface area (Å²) >= 11 is 10.9. The summed E-state index contributed by atoms with van der Waals surface area (Å²) in [6, 6.07) is 3.19. The van der Waals surface area contributed by atoms with Crippen molar-refractivity contribution in [3.05, 3.63) is 33.3 Å². The molecule has 0 spiro atoms. The van der Waals surface area contributed by atoms with Gasteiger partial charge in [0.05, 0.1) is 15.6 Å². The zero-order valence-corrected chi connectivity index (χ0v) is 7.98. The molecule has 0 aliphatic heterocycles. The van der Waals surface area contributed by atoms with Crippen molar-refractivity contribution in [2.75, 3.05) is 0 Å². The fraction of sp³-hybridized carbons (Fsp3) is 0.250. The fourth-order valence-corrected chi connectivity index (χ4v) is 1.34. The Morgan fingerprint density at radius 1 is 1.31 bits per heavy atom. The van der Waals surface area contributed by atoms with Gasteiger partial charge in [0, 0.05) is 6.07 Å². The third-order valence-electron chi connectivity index (χ3n) is 1.54. The number of alkyl halides is 3. The molecule has 1 aromatic rings. The zero-order chi connectivity index (χ0) is 10.2. The fourth-order valence-electron chi connectivity index (χ4n) is 0.882. The van der Waals surface area contributed by atoms with Crippen LogP contribution in [-0.2, 0) is 6.18 Å². The van der Waals surface area contributed by atoms with E-state index >= 15 is 0 Å². The second-order valence-electron chi connectivity index (χ2n) is 2.47. The third-order valence-corrected chi connectivity index (χ3v) is 2.12. The highest BCUT2D eigenvalue weighted by Gasteiger charge is 2.33. The molecule has 0 aromatic heterocycles. The van der Waals surface area contributed by atoms with E-state index in [2.05, 4.69) is 6.07 Å². The van der Waals surface area contributed by atoms with Crippen LogP contribution in [0.5, 0.6) is 0 Å². The van der Waals surface area contributed by atoms with Gasteiger partial charge in [0.25, 0.3) is 0 Å². The summed E-state index contributed by atoms with van der Waals surface area (Å²) in [5, 5.41) is -0.234. The maximum Gasteiger partial charge on any atom is 0.416 e. The molecule has 0 aliphatic carbocycles. The van der Waals surface area contributed by atoms with E-state index in [0.29, 0.717) is 0 Å². The van der Waals surface area contributed by atoms with Crippen LogP contribution in [0.3, 0.4) is 0 Å². The molecule has 71 valence electrons. The molecule has 1 aromatic carbocycles. The Morgan fingerprint density at radius 3 is 2.31 bits per heavy atom. The van der Waals surface area contributed by atoms with Crippen molar-refractivity contribution >= 4 is 23.2 Å². The van der Waals surface area contributed by atoms with Crippen LogP contribution in [0.15, 0.2) is 6.07 Å². The molecule has 0 bridgehead atoms. The smallest absolute Gasteiger partial charge is 0.166 e. The van der Waals surface area contributed by atoms with Gasteiger partial charge in [0.15, 0.2) is 0 Å². The summed E-state index contributed by atoms with van der Waals surface area (Å²) in [6.45, 7) is 1.28.